The second kappa shape index (κ2) is 6.28. The predicted molar refractivity (Wildman–Crippen MR) is 62.0 cm³/mol. The van der Waals surface area contributed by atoms with Crippen LogP contribution < -0.4 is 4.74 Å². The van der Waals surface area contributed by atoms with Gasteiger partial charge in [-0.05, 0) is 38.0 Å². The van der Waals surface area contributed by atoms with Crippen molar-refractivity contribution >= 4 is 0 Å². The summed E-state index contributed by atoms with van der Waals surface area (Å²) in [7, 11) is 0. The Balaban J connectivity index is 2.67. The van der Waals surface area contributed by atoms with Crippen molar-refractivity contribution in [1.82, 2.24) is 0 Å². The number of aliphatic hydroxyl groups is 1. The molecule has 1 rings (SSSR count). The summed E-state index contributed by atoms with van der Waals surface area (Å²) in [5.41, 5.74) is 0.485. The molecule has 0 saturated heterocycles. The molecule has 0 aliphatic rings. The monoisotopic (exact) mass is 224 g/mol. The lowest BCUT2D eigenvalue weighted by Gasteiger charge is -2.13. The van der Waals surface area contributed by atoms with Crippen LogP contribution in [0.4, 0.5) is 4.39 Å². The zero-order valence-corrected chi connectivity index (χ0v) is 9.45. The molecule has 1 aromatic rings. The van der Waals surface area contributed by atoms with Crippen molar-refractivity contribution in [3.8, 4) is 5.75 Å². The van der Waals surface area contributed by atoms with Gasteiger partial charge in [-0.2, -0.15) is 0 Å². The van der Waals surface area contributed by atoms with Gasteiger partial charge in [0.2, 0.25) is 0 Å². The van der Waals surface area contributed by atoms with E-state index in [2.05, 4.69) is 6.58 Å². The first-order valence-electron chi connectivity index (χ1n) is 5.36. The first kappa shape index (κ1) is 12.7. The predicted octanol–water partition coefficient (Wildman–Crippen LogP) is 3.22. The number of halogens is 1. The van der Waals surface area contributed by atoms with Crippen molar-refractivity contribution < 1.29 is 14.2 Å². The molecule has 16 heavy (non-hydrogen) atoms. The Morgan fingerprint density at radius 2 is 2.31 bits per heavy atom. The molecule has 0 radical (unpaired) electrons. The molecule has 0 fully saturated rings. The molecule has 1 unspecified atom stereocenters. The lowest BCUT2D eigenvalue weighted by atomic mass is 10.1. The lowest BCUT2D eigenvalue weighted by molar-refractivity contribution is 0.190. The molecule has 88 valence electrons. The molecule has 0 heterocycles. The first-order chi connectivity index (χ1) is 7.65. The molecule has 0 aliphatic heterocycles. The lowest BCUT2D eigenvalue weighted by Crippen LogP contribution is -2.02. The molecule has 2 nitrogen and oxygen atoms in total. The Bertz CT molecular complexity index is 348. The van der Waals surface area contributed by atoms with Crippen LogP contribution in [0.2, 0.25) is 0 Å². The molecule has 0 spiro atoms. The van der Waals surface area contributed by atoms with E-state index < -0.39 is 6.10 Å². The van der Waals surface area contributed by atoms with E-state index >= 15 is 0 Å². The highest BCUT2D eigenvalue weighted by Crippen LogP contribution is 2.26. The summed E-state index contributed by atoms with van der Waals surface area (Å²) in [6.07, 6.45) is 2.83. The van der Waals surface area contributed by atoms with Gasteiger partial charge in [-0.3, -0.25) is 0 Å². The molecule has 0 bridgehead atoms. The maximum atomic E-state index is 13.0. The Morgan fingerprint density at radius 1 is 1.56 bits per heavy atom. The number of hydrogen-bond acceptors (Lipinski definition) is 2. The summed E-state index contributed by atoms with van der Waals surface area (Å²) in [4.78, 5) is 0. The minimum atomic E-state index is -0.731. The van der Waals surface area contributed by atoms with Gasteiger partial charge in [-0.25, -0.2) is 4.39 Å². The van der Waals surface area contributed by atoms with Crippen LogP contribution in [-0.4, -0.2) is 11.7 Å². The van der Waals surface area contributed by atoms with Crippen molar-refractivity contribution in [2.24, 2.45) is 0 Å². The number of allylic oxidation sites excluding steroid dienone is 1. The van der Waals surface area contributed by atoms with Crippen LogP contribution in [0, 0.1) is 5.82 Å². The number of hydrogen-bond donors (Lipinski definition) is 1. The quantitative estimate of drug-likeness (QED) is 0.594. The van der Waals surface area contributed by atoms with E-state index in [1.165, 1.54) is 12.1 Å². The highest BCUT2D eigenvalue weighted by Gasteiger charge is 2.10. The summed E-state index contributed by atoms with van der Waals surface area (Å²) < 4.78 is 18.5. The topological polar surface area (TPSA) is 29.5 Å². The third kappa shape index (κ3) is 3.66. The first-order valence-corrected chi connectivity index (χ1v) is 5.36. The molecule has 0 aliphatic carbocycles. The molecular formula is C13H17FO2. The van der Waals surface area contributed by atoms with Gasteiger partial charge in [0.15, 0.2) is 0 Å². The van der Waals surface area contributed by atoms with Gasteiger partial charge in [0.05, 0.1) is 12.7 Å². The normalized spacial score (nSPS) is 12.2. The molecule has 1 aromatic carbocycles. The molecular weight excluding hydrogens is 207 g/mol. The zero-order chi connectivity index (χ0) is 12.0. The van der Waals surface area contributed by atoms with Crippen LogP contribution in [0.5, 0.6) is 5.75 Å². The average molecular weight is 224 g/mol. The Hall–Kier alpha value is -1.35. The van der Waals surface area contributed by atoms with Crippen LogP contribution in [0.15, 0.2) is 30.9 Å². The average Bonchev–Trinajstić information content (AvgIpc) is 2.26. The maximum Gasteiger partial charge on any atom is 0.125 e. The van der Waals surface area contributed by atoms with Crippen molar-refractivity contribution in [3.05, 3.63) is 42.2 Å². The largest absolute Gasteiger partial charge is 0.493 e. The van der Waals surface area contributed by atoms with Crippen molar-refractivity contribution in [1.29, 1.82) is 0 Å². The fourth-order valence-corrected chi connectivity index (χ4v) is 1.39. The highest BCUT2D eigenvalue weighted by molar-refractivity contribution is 5.35. The van der Waals surface area contributed by atoms with Crippen molar-refractivity contribution in [2.75, 3.05) is 6.61 Å². The van der Waals surface area contributed by atoms with Crippen LogP contribution in [0.3, 0.4) is 0 Å². The van der Waals surface area contributed by atoms with Gasteiger partial charge in [0.1, 0.15) is 11.6 Å². The van der Waals surface area contributed by atoms with Crippen molar-refractivity contribution in [3.63, 3.8) is 0 Å². The number of aliphatic hydroxyl groups excluding tert-OH is 1. The van der Waals surface area contributed by atoms with E-state index in [-0.39, 0.29) is 5.82 Å². The smallest absolute Gasteiger partial charge is 0.125 e. The Kier molecular flexibility index (Phi) is 4.99. The van der Waals surface area contributed by atoms with Gasteiger partial charge in [0.25, 0.3) is 0 Å². The van der Waals surface area contributed by atoms with Crippen LogP contribution >= 0.6 is 0 Å². The molecule has 3 heteroatoms. The van der Waals surface area contributed by atoms with E-state index in [9.17, 15) is 9.50 Å². The van der Waals surface area contributed by atoms with Crippen LogP contribution in [-0.2, 0) is 0 Å². The number of unbranched alkanes of at least 4 members (excludes halogenated alkanes) is 1. The van der Waals surface area contributed by atoms with Gasteiger partial charge in [0, 0.05) is 5.56 Å². The standard InChI is InChI=1S/C13H17FO2/c1-3-4-5-8-16-13-7-6-11(14)9-12(13)10(2)15/h3,6-7,9-10,15H,1,4-5,8H2,2H3. The Morgan fingerprint density at radius 3 is 2.94 bits per heavy atom. The summed E-state index contributed by atoms with van der Waals surface area (Å²) in [6.45, 7) is 5.75. The summed E-state index contributed by atoms with van der Waals surface area (Å²) in [6, 6.07) is 4.17. The Labute approximate surface area is 95.4 Å². The summed E-state index contributed by atoms with van der Waals surface area (Å²) >= 11 is 0. The van der Waals surface area contributed by atoms with E-state index in [4.69, 9.17) is 4.74 Å². The van der Waals surface area contributed by atoms with Crippen molar-refractivity contribution in [2.45, 2.75) is 25.9 Å². The van der Waals surface area contributed by atoms with E-state index in [0.29, 0.717) is 17.9 Å². The number of ether oxygens (including phenoxy) is 1. The van der Waals surface area contributed by atoms with E-state index in [1.807, 2.05) is 6.08 Å². The van der Waals surface area contributed by atoms with Gasteiger partial charge in [-0.15, -0.1) is 6.58 Å². The molecule has 0 saturated carbocycles. The van der Waals surface area contributed by atoms with E-state index in [0.717, 1.165) is 12.8 Å². The third-order valence-electron chi connectivity index (χ3n) is 2.23. The SMILES string of the molecule is C=CCCCOc1ccc(F)cc1C(C)O. The maximum absolute atomic E-state index is 13.0. The fourth-order valence-electron chi connectivity index (χ4n) is 1.39. The summed E-state index contributed by atoms with van der Waals surface area (Å²) in [5, 5.41) is 9.47. The van der Waals surface area contributed by atoms with E-state index in [1.54, 1.807) is 13.0 Å². The molecule has 0 aromatic heterocycles. The van der Waals surface area contributed by atoms with Crippen LogP contribution in [0.1, 0.15) is 31.4 Å². The summed E-state index contributed by atoms with van der Waals surface area (Å²) in [5.74, 6) is 0.176. The minimum absolute atomic E-state index is 0.366. The van der Waals surface area contributed by atoms with Gasteiger partial charge in [-0.1, -0.05) is 6.08 Å². The highest BCUT2D eigenvalue weighted by atomic mass is 19.1. The van der Waals surface area contributed by atoms with Gasteiger partial charge < -0.3 is 9.84 Å². The molecule has 1 atom stereocenters. The van der Waals surface area contributed by atoms with Gasteiger partial charge >= 0.3 is 0 Å². The number of rotatable bonds is 6. The number of benzene rings is 1. The molecule has 1 N–H and O–H groups in total. The molecule has 0 amide bonds. The minimum Gasteiger partial charge on any atom is -0.493 e. The third-order valence-corrected chi connectivity index (χ3v) is 2.23. The zero-order valence-electron chi connectivity index (χ0n) is 9.45. The second-order valence-electron chi connectivity index (χ2n) is 3.64. The van der Waals surface area contributed by atoms with Crippen LogP contribution in [0.25, 0.3) is 0 Å². The fraction of sp³-hybridized carbons (Fsp3) is 0.385. The second-order valence-corrected chi connectivity index (χ2v) is 3.64.